The molecule has 0 heterocycles. The van der Waals surface area contributed by atoms with Gasteiger partial charge in [-0.15, -0.1) is 0 Å². The van der Waals surface area contributed by atoms with Crippen molar-refractivity contribution in [2.75, 3.05) is 23.7 Å². The van der Waals surface area contributed by atoms with E-state index < -0.39 is 0 Å². The standard InChI is InChI=1S/C14H22ClN3O/c1-9(2)11(7-16)8-17-12-4-5-14(13(15)6-12)18-10(3)19/h4-6,9,11,17H,7-8,16H2,1-3H3,(H,18,19). The highest BCUT2D eigenvalue weighted by Gasteiger charge is 2.11. The Bertz CT molecular complexity index is 435. The fourth-order valence-corrected chi connectivity index (χ4v) is 1.98. The number of hydrogen-bond acceptors (Lipinski definition) is 3. The SMILES string of the molecule is CC(=O)Nc1ccc(NCC(CN)C(C)C)cc1Cl. The van der Waals surface area contributed by atoms with Gasteiger partial charge in [0, 0.05) is 19.2 Å². The minimum atomic E-state index is -0.134. The van der Waals surface area contributed by atoms with Gasteiger partial charge in [-0.3, -0.25) is 4.79 Å². The van der Waals surface area contributed by atoms with Gasteiger partial charge in [-0.1, -0.05) is 25.4 Å². The Hall–Kier alpha value is -1.26. The molecule has 0 radical (unpaired) electrons. The molecule has 0 saturated heterocycles. The molecule has 0 saturated carbocycles. The average molecular weight is 284 g/mol. The van der Waals surface area contributed by atoms with Gasteiger partial charge in [-0.2, -0.15) is 0 Å². The summed E-state index contributed by atoms with van der Waals surface area (Å²) in [6.45, 7) is 7.24. The number of anilines is 2. The molecule has 0 aliphatic rings. The maximum Gasteiger partial charge on any atom is 0.221 e. The van der Waals surface area contributed by atoms with E-state index in [4.69, 9.17) is 17.3 Å². The Kier molecular flexibility index (Phi) is 6.12. The summed E-state index contributed by atoms with van der Waals surface area (Å²) in [6.07, 6.45) is 0. The fourth-order valence-electron chi connectivity index (χ4n) is 1.76. The topological polar surface area (TPSA) is 67.2 Å². The van der Waals surface area contributed by atoms with E-state index in [0.29, 0.717) is 29.1 Å². The number of benzene rings is 1. The van der Waals surface area contributed by atoms with E-state index in [9.17, 15) is 4.79 Å². The number of amides is 1. The van der Waals surface area contributed by atoms with Gasteiger partial charge in [0.05, 0.1) is 10.7 Å². The summed E-state index contributed by atoms with van der Waals surface area (Å²) in [4.78, 5) is 11.0. The lowest BCUT2D eigenvalue weighted by Gasteiger charge is -2.20. The van der Waals surface area contributed by atoms with E-state index in [1.54, 1.807) is 12.1 Å². The van der Waals surface area contributed by atoms with Crippen molar-refractivity contribution in [3.63, 3.8) is 0 Å². The van der Waals surface area contributed by atoms with E-state index in [1.807, 2.05) is 6.07 Å². The van der Waals surface area contributed by atoms with E-state index in [2.05, 4.69) is 24.5 Å². The van der Waals surface area contributed by atoms with Crippen molar-refractivity contribution >= 4 is 28.9 Å². The predicted molar refractivity (Wildman–Crippen MR) is 81.6 cm³/mol. The Balaban J connectivity index is 2.65. The summed E-state index contributed by atoms with van der Waals surface area (Å²) in [6, 6.07) is 5.49. The first-order chi connectivity index (χ1) is 8.93. The van der Waals surface area contributed by atoms with E-state index in [1.165, 1.54) is 6.92 Å². The van der Waals surface area contributed by atoms with Gasteiger partial charge in [-0.25, -0.2) is 0 Å². The molecule has 106 valence electrons. The first-order valence-corrected chi connectivity index (χ1v) is 6.83. The largest absolute Gasteiger partial charge is 0.385 e. The van der Waals surface area contributed by atoms with Crippen LogP contribution in [0.1, 0.15) is 20.8 Å². The van der Waals surface area contributed by atoms with Crippen LogP contribution in [0.15, 0.2) is 18.2 Å². The number of carbonyl (C=O) groups excluding carboxylic acids is 1. The van der Waals surface area contributed by atoms with E-state index in [0.717, 1.165) is 12.2 Å². The van der Waals surface area contributed by atoms with E-state index in [-0.39, 0.29) is 5.91 Å². The molecule has 5 heteroatoms. The highest BCUT2D eigenvalue weighted by Crippen LogP contribution is 2.25. The maximum atomic E-state index is 11.0. The molecule has 0 spiro atoms. The molecule has 4 N–H and O–H groups in total. The van der Waals surface area contributed by atoms with Crippen LogP contribution in [0.2, 0.25) is 5.02 Å². The van der Waals surface area contributed by atoms with Crippen LogP contribution in [-0.4, -0.2) is 19.0 Å². The number of carbonyl (C=O) groups is 1. The third-order valence-electron chi connectivity index (χ3n) is 3.09. The van der Waals surface area contributed by atoms with Gasteiger partial charge in [0.2, 0.25) is 5.91 Å². The molecule has 1 aromatic carbocycles. The highest BCUT2D eigenvalue weighted by atomic mass is 35.5. The minimum absolute atomic E-state index is 0.134. The molecule has 0 bridgehead atoms. The lowest BCUT2D eigenvalue weighted by Crippen LogP contribution is -2.27. The van der Waals surface area contributed by atoms with Gasteiger partial charge >= 0.3 is 0 Å². The minimum Gasteiger partial charge on any atom is -0.385 e. The smallest absolute Gasteiger partial charge is 0.221 e. The van der Waals surface area contributed by atoms with Gasteiger partial charge in [0.25, 0.3) is 0 Å². The normalized spacial score (nSPS) is 12.3. The Morgan fingerprint density at radius 2 is 2.11 bits per heavy atom. The van der Waals surface area contributed by atoms with Crippen LogP contribution in [0.25, 0.3) is 0 Å². The molecule has 1 amide bonds. The Morgan fingerprint density at radius 1 is 1.42 bits per heavy atom. The third-order valence-corrected chi connectivity index (χ3v) is 3.41. The van der Waals surface area contributed by atoms with Crippen molar-refractivity contribution in [1.82, 2.24) is 0 Å². The lowest BCUT2D eigenvalue weighted by atomic mass is 9.96. The zero-order valence-corrected chi connectivity index (χ0v) is 12.4. The molecule has 1 unspecified atom stereocenters. The zero-order chi connectivity index (χ0) is 14.4. The van der Waals surface area contributed by atoms with Crippen LogP contribution >= 0.6 is 11.6 Å². The van der Waals surface area contributed by atoms with Crippen molar-refractivity contribution in [2.45, 2.75) is 20.8 Å². The molecule has 19 heavy (non-hydrogen) atoms. The first kappa shape index (κ1) is 15.8. The van der Waals surface area contributed by atoms with Crippen molar-refractivity contribution < 1.29 is 4.79 Å². The van der Waals surface area contributed by atoms with Crippen molar-refractivity contribution in [2.24, 2.45) is 17.6 Å². The maximum absolute atomic E-state index is 11.0. The molecule has 0 aliphatic heterocycles. The van der Waals surface area contributed by atoms with Gasteiger partial charge in [0.15, 0.2) is 0 Å². The lowest BCUT2D eigenvalue weighted by molar-refractivity contribution is -0.114. The van der Waals surface area contributed by atoms with Gasteiger partial charge < -0.3 is 16.4 Å². The molecule has 1 atom stereocenters. The highest BCUT2D eigenvalue weighted by molar-refractivity contribution is 6.34. The molecule has 0 fully saturated rings. The third kappa shape index (κ3) is 5.09. The van der Waals surface area contributed by atoms with Crippen LogP contribution < -0.4 is 16.4 Å². The average Bonchev–Trinajstić information content (AvgIpc) is 2.32. The van der Waals surface area contributed by atoms with Crippen molar-refractivity contribution in [1.29, 1.82) is 0 Å². The molecule has 0 aliphatic carbocycles. The predicted octanol–water partition coefficient (Wildman–Crippen LogP) is 2.94. The van der Waals surface area contributed by atoms with Crippen LogP contribution in [0.4, 0.5) is 11.4 Å². The van der Waals surface area contributed by atoms with Gasteiger partial charge in [-0.05, 0) is 36.6 Å². The fraction of sp³-hybridized carbons (Fsp3) is 0.500. The number of hydrogen-bond donors (Lipinski definition) is 3. The number of nitrogens with one attached hydrogen (secondary N) is 2. The molecule has 1 aromatic rings. The first-order valence-electron chi connectivity index (χ1n) is 6.45. The molecular formula is C14H22ClN3O. The van der Waals surface area contributed by atoms with Crippen LogP contribution in [0, 0.1) is 11.8 Å². The monoisotopic (exact) mass is 283 g/mol. The quantitative estimate of drug-likeness (QED) is 0.752. The second kappa shape index (κ2) is 7.36. The molecular weight excluding hydrogens is 262 g/mol. The number of rotatable bonds is 6. The Labute approximate surface area is 119 Å². The summed E-state index contributed by atoms with van der Waals surface area (Å²) in [5.41, 5.74) is 7.29. The second-order valence-electron chi connectivity index (χ2n) is 5.00. The van der Waals surface area contributed by atoms with Crippen LogP contribution in [0.5, 0.6) is 0 Å². The molecule has 0 aromatic heterocycles. The van der Waals surface area contributed by atoms with Crippen LogP contribution in [0.3, 0.4) is 0 Å². The summed E-state index contributed by atoms with van der Waals surface area (Å²) in [7, 11) is 0. The summed E-state index contributed by atoms with van der Waals surface area (Å²) in [5.74, 6) is 0.825. The summed E-state index contributed by atoms with van der Waals surface area (Å²) < 4.78 is 0. The molecule has 4 nitrogen and oxygen atoms in total. The second-order valence-corrected chi connectivity index (χ2v) is 5.40. The summed E-state index contributed by atoms with van der Waals surface area (Å²) >= 11 is 6.11. The van der Waals surface area contributed by atoms with Crippen LogP contribution in [-0.2, 0) is 4.79 Å². The van der Waals surface area contributed by atoms with Crippen molar-refractivity contribution in [3.05, 3.63) is 23.2 Å². The summed E-state index contributed by atoms with van der Waals surface area (Å²) in [5, 5.41) is 6.52. The number of halogens is 1. The van der Waals surface area contributed by atoms with Gasteiger partial charge in [0.1, 0.15) is 0 Å². The molecule has 1 rings (SSSR count). The zero-order valence-electron chi connectivity index (χ0n) is 11.7. The van der Waals surface area contributed by atoms with Crippen molar-refractivity contribution in [3.8, 4) is 0 Å². The Morgan fingerprint density at radius 3 is 2.58 bits per heavy atom. The number of nitrogens with two attached hydrogens (primary N) is 1. The van der Waals surface area contributed by atoms with E-state index >= 15 is 0 Å².